The monoisotopic (exact) mass is 1610 g/mol. The summed E-state index contributed by atoms with van der Waals surface area (Å²) in [5, 5.41) is 46.4. The quantitative estimate of drug-likeness (QED) is 0.0409. The van der Waals surface area contributed by atoms with Crippen LogP contribution in [0.5, 0.6) is 0 Å². The number of anilines is 12. The molecule has 5 atom stereocenters. The molecule has 10 N–H and O–H groups in total. The van der Waals surface area contributed by atoms with Crippen LogP contribution in [-0.2, 0) is 4.79 Å². The Morgan fingerprint density at radius 3 is 1.07 bits per heavy atom. The van der Waals surface area contributed by atoms with Crippen LogP contribution in [-0.4, -0.2) is 223 Å². The Kier molecular flexibility index (Phi) is 23.4. The molecule has 8 aromatic rings. The molecule has 5 fully saturated rings. The van der Waals surface area contributed by atoms with Crippen LogP contribution >= 0.6 is 0 Å². The zero-order chi connectivity index (χ0) is 82.5. The van der Waals surface area contributed by atoms with Gasteiger partial charge in [0.05, 0.1) is 71.6 Å². The molecular formula is C79H86F3N23O12. The minimum absolute atomic E-state index is 0.00996. The minimum atomic E-state index is -4.70. The predicted octanol–water partition coefficient (Wildman–Crippen LogP) is 8.02. The maximum atomic E-state index is 13.1. The first kappa shape index (κ1) is 80.4. The highest BCUT2D eigenvalue weighted by Gasteiger charge is 2.48. The number of alkyl halides is 3. The summed E-state index contributed by atoms with van der Waals surface area (Å²) in [5.41, 5.74) is 2.99. The fourth-order valence-corrected chi connectivity index (χ4v) is 14.9. The molecule has 0 unspecified atom stereocenters. The molecule has 8 bridgehead atoms. The number of aliphatic hydroxyl groups excluding tert-OH is 2. The maximum Gasteiger partial charge on any atom is 0.394 e. The first-order chi connectivity index (χ1) is 56.2. The lowest BCUT2D eigenvalue weighted by molar-refractivity contribution is -0.182. The van der Waals surface area contributed by atoms with Crippen LogP contribution in [0.4, 0.5) is 102 Å². The molecule has 9 aliphatic rings. The second-order valence-corrected chi connectivity index (χ2v) is 30.5. The Morgan fingerprint density at radius 2 is 0.778 bits per heavy atom. The SMILES string of the molecule is CC(C)(C)CNC(=O)c1ccc2c(n1)N(C(=O)Nc1ccccn1)[C@H]1CCN2C1.O=C(C[C@H](CO)C(F)(F)F)c1ccc2c(n1)N(C(=O)Nc1ccccn1)[C@H]1CCN2C1.O=C(NC1(CO)CC1)c1ccc2c(n1)N(C(=O)Nc1ccccn1)[C@H]1CCN2C1.O=C(O)CNC(=O)c1ccc2c(n1)N(C(=O)Nc1ccccn1)[C@H]1CCN2C1. The number of pyridine rings is 8. The molecule has 17 rings (SSSR count). The number of fused-ring (bicyclic) bond motifs is 16. The van der Waals surface area contributed by atoms with Crippen molar-refractivity contribution in [2.75, 3.05) is 139 Å². The zero-order valence-corrected chi connectivity index (χ0v) is 64.0. The second-order valence-electron chi connectivity index (χ2n) is 30.5. The highest BCUT2D eigenvalue weighted by molar-refractivity contribution is 6.09. The van der Waals surface area contributed by atoms with E-state index in [4.69, 9.17) is 10.2 Å². The summed E-state index contributed by atoms with van der Waals surface area (Å²) in [7, 11) is 0. The van der Waals surface area contributed by atoms with Crippen LogP contribution in [0.2, 0.25) is 0 Å². The van der Waals surface area contributed by atoms with Crippen molar-refractivity contribution in [1.82, 2.24) is 55.8 Å². The molecule has 1 aliphatic carbocycles. The molecule has 11 amide bonds. The summed E-state index contributed by atoms with van der Waals surface area (Å²) in [5.74, 6) is -2.02. The molecule has 35 nitrogen and oxygen atoms in total. The normalized spacial score (nSPS) is 18.5. The van der Waals surface area contributed by atoms with Gasteiger partial charge in [0.1, 0.15) is 52.6 Å². The molecule has 0 spiro atoms. The van der Waals surface area contributed by atoms with Crippen molar-refractivity contribution in [2.24, 2.45) is 11.3 Å². The molecule has 8 aliphatic heterocycles. The van der Waals surface area contributed by atoms with Gasteiger partial charge in [-0.2, -0.15) is 13.2 Å². The van der Waals surface area contributed by atoms with Crippen molar-refractivity contribution in [2.45, 2.75) is 102 Å². The molecule has 0 aromatic carbocycles. The van der Waals surface area contributed by atoms with Gasteiger partial charge in [-0.3, -0.25) is 64.8 Å². The number of carbonyl (C=O) groups excluding carboxylic acids is 8. The first-order valence-corrected chi connectivity index (χ1v) is 38.2. The first-order valence-electron chi connectivity index (χ1n) is 38.2. The number of halogens is 3. The van der Waals surface area contributed by atoms with E-state index in [1.165, 1.54) is 23.2 Å². The fourth-order valence-electron chi connectivity index (χ4n) is 14.9. The van der Waals surface area contributed by atoms with Gasteiger partial charge in [-0.1, -0.05) is 45.0 Å². The molecular weight excluding hydrogens is 1520 g/mol. The van der Waals surface area contributed by atoms with Crippen molar-refractivity contribution in [3.8, 4) is 0 Å². The summed E-state index contributed by atoms with van der Waals surface area (Å²) in [4.78, 5) is 162. The van der Waals surface area contributed by atoms with Gasteiger partial charge in [-0.15, -0.1) is 0 Å². The third-order valence-corrected chi connectivity index (χ3v) is 21.1. The number of aromatic nitrogens is 8. The minimum Gasteiger partial charge on any atom is -0.480 e. The van der Waals surface area contributed by atoms with Crippen LogP contribution in [0.15, 0.2) is 146 Å². The van der Waals surface area contributed by atoms with E-state index in [0.717, 1.165) is 81.9 Å². The lowest BCUT2D eigenvalue weighted by atomic mass is 9.97. The molecule has 1 saturated carbocycles. The summed E-state index contributed by atoms with van der Waals surface area (Å²) < 4.78 is 38.8. The third kappa shape index (κ3) is 18.3. The number of carboxylic acid groups (broad SMARTS) is 1. The van der Waals surface area contributed by atoms with Gasteiger partial charge in [-0.05, 0) is 141 Å². The highest BCUT2D eigenvalue weighted by atomic mass is 19.4. The molecule has 8 aromatic heterocycles. The van der Waals surface area contributed by atoms with E-state index in [0.29, 0.717) is 84.7 Å². The van der Waals surface area contributed by atoms with E-state index >= 15 is 0 Å². The average Bonchev–Trinajstić information content (AvgIpc) is 1.67. The fraction of sp³-hybridized carbons (Fsp3) is 0.380. The van der Waals surface area contributed by atoms with E-state index < -0.39 is 60.9 Å². The Bertz CT molecular complexity index is 5060. The van der Waals surface area contributed by atoms with Crippen LogP contribution in [0.3, 0.4) is 0 Å². The van der Waals surface area contributed by atoms with Crippen molar-refractivity contribution in [3.05, 3.63) is 169 Å². The highest BCUT2D eigenvalue weighted by Crippen LogP contribution is 2.45. The molecule has 0 radical (unpaired) electrons. The number of aliphatic carboxylic acids is 1. The van der Waals surface area contributed by atoms with E-state index in [1.807, 2.05) is 23.1 Å². The summed E-state index contributed by atoms with van der Waals surface area (Å²) >= 11 is 0. The Morgan fingerprint density at radius 1 is 0.453 bits per heavy atom. The Hall–Kier alpha value is -13.3. The van der Waals surface area contributed by atoms with Gasteiger partial charge in [0.25, 0.3) is 17.7 Å². The third-order valence-electron chi connectivity index (χ3n) is 21.1. The van der Waals surface area contributed by atoms with Crippen molar-refractivity contribution in [3.63, 3.8) is 0 Å². The number of hydrogen-bond acceptors (Lipinski definition) is 23. The summed E-state index contributed by atoms with van der Waals surface area (Å²) in [6, 6.07) is 32.6. The van der Waals surface area contributed by atoms with E-state index in [2.05, 4.69) is 113 Å². The van der Waals surface area contributed by atoms with E-state index in [9.17, 15) is 61.4 Å². The van der Waals surface area contributed by atoms with Crippen molar-refractivity contribution in [1.29, 1.82) is 0 Å². The number of carboxylic acids is 1. The molecule has 117 heavy (non-hydrogen) atoms. The number of Topliss-reactive ketones (excluding diaryl/α,β-unsaturated/α-hetero) is 1. The van der Waals surface area contributed by atoms with Gasteiger partial charge in [-0.25, -0.2) is 59.0 Å². The molecule has 38 heteroatoms. The van der Waals surface area contributed by atoms with Crippen LogP contribution in [0, 0.1) is 11.3 Å². The number of rotatable bonds is 16. The van der Waals surface area contributed by atoms with Crippen molar-refractivity contribution < 1.29 is 71.6 Å². The topological polar surface area (TPSA) is 428 Å². The lowest BCUT2D eigenvalue weighted by Gasteiger charge is -2.35. The molecule has 4 saturated heterocycles. The molecule has 610 valence electrons. The maximum absolute atomic E-state index is 13.1. The lowest BCUT2D eigenvalue weighted by Crippen LogP contribution is -2.48. The number of urea groups is 4. The van der Waals surface area contributed by atoms with Gasteiger partial charge in [0.15, 0.2) is 29.1 Å². The number of ketones is 1. The molecule has 16 heterocycles. The number of amides is 11. The van der Waals surface area contributed by atoms with Crippen LogP contribution in [0.25, 0.3) is 0 Å². The van der Waals surface area contributed by atoms with Crippen LogP contribution < -0.4 is 76.4 Å². The Labute approximate surface area is 668 Å². The number of nitrogens with zero attached hydrogens (tertiary/aromatic N) is 16. The number of hydrogen-bond donors (Lipinski definition) is 10. The largest absolute Gasteiger partial charge is 0.480 e. The average molecular weight is 1610 g/mol. The van der Waals surface area contributed by atoms with Gasteiger partial charge < -0.3 is 50.9 Å². The zero-order valence-electron chi connectivity index (χ0n) is 64.0. The van der Waals surface area contributed by atoms with E-state index in [-0.39, 0.29) is 89.0 Å². The standard InChI is InChI=1S/C21H26N6O2.C20H20F3N5O3.C20H22N6O3.C18H18N6O4/c1-21(2,3)13-23-19(28)15-7-8-16-18(24-15)27(14-9-11-26(16)12-14)20(29)25-17-6-4-5-10-22-17;21-20(22,23)12(11-29)9-16(30)14-4-5-15-18(25-14)28(13-6-8-27(15)10-13)19(31)26-17-3-1-2-7-24-17;27-12-20(7-8-20)24-18(28)14-4-5-15-17(22-14)26(13-6-10-25(15)11-13)19(29)23-16-3-1-2-9-21-16;25-15(26)9-20-17(27)12-4-5-13-16(21-12)24(11-6-8-23(13)10-11)18(28)22-14-3-1-2-7-19-14/h4-8,10,14H,9,11-13H2,1-3H3,(H,23,28)(H,22,25,29);1-5,7,12-13,29H,6,8-11H2,(H,24,26,31);1-5,9,13,27H,6-8,10-12H2,(H,24,28)(H,21,23,29);1-5,7,11H,6,8-10H2,(H,20,27)(H,25,26)(H,19,22,28)/t14-;12-,13+;13-;11-/m0100/s1. The second kappa shape index (κ2) is 34.0. The van der Waals surface area contributed by atoms with Gasteiger partial charge in [0.2, 0.25) is 0 Å². The number of nitrogens with one attached hydrogen (secondary N) is 7. The number of aliphatic hydroxyl groups is 2. The Balaban J connectivity index is 0.000000128. The van der Waals surface area contributed by atoms with Crippen LogP contribution in [0.1, 0.15) is 108 Å². The smallest absolute Gasteiger partial charge is 0.394 e. The van der Waals surface area contributed by atoms with E-state index in [1.54, 1.807) is 124 Å². The van der Waals surface area contributed by atoms with Gasteiger partial charge in [0, 0.05) is 90.1 Å². The summed E-state index contributed by atoms with van der Waals surface area (Å²) in [6.45, 7) is 10.9. The summed E-state index contributed by atoms with van der Waals surface area (Å²) in [6.07, 6.45) is 5.44. The van der Waals surface area contributed by atoms with Gasteiger partial charge >= 0.3 is 36.3 Å². The number of carbonyl (C=O) groups is 9. The van der Waals surface area contributed by atoms with Crippen molar-refractivity contribution >= 4 is 123 Å². The predicted molar refractivity (Wildman–Crippen MR) is 426 cm³/mol.